The zero-order valence-corrected chi connectivity index (χ0v) is 9.93. The summed E-state index contributed by atoms with van der Waals surface area (Å²) in [6.07, 6.45) is 0.413. The molecule has 0 radical (unpaired) electrons. The maximum absolute atomic E-state index is 10.7. The van der Waals surface area contributed by atoms with E-state index in [4.69, 9.17) is 0 Å². The lowest BCUT2D eigenvalue weighted by atomic mass is 9.96. The van der Waals surface area contributed by atoms with Crippen molar-refractivity contribution in [3.63, 3.8) is 0 Å². The smallest absolute Gasteiger partial charge is 0.129 e. The minimum Gasteiger partial charge on any atom is -0.544 e. The maximum Gasteiger partial charge on any atom is 0.129 e. The Labute approximate surface area is 104 Å². The predicted molar refractivity (Wildman–Crippen MR) is 57.2 cm³/mol. The van der Waals surface area contributed by atoms with Crippen molar-refractivity contribution in [2.24, 2.45) is 0 Å². The summed E-state index contributed by atoms with van der Waals surface area (Å²) in [5.74, 6) is -2.45. The summed E-state index contributed by atoms with van der Waals surface area (Å²) >= 11 is 0. The first-order chi connectivity index (χ1) is 8.41. The third kappa shape index (κ3) is 3.83. The second-order valence-corrected chi connectivity index (χ2v) is 4.21. The van der Waals surface area contributed by atoms with Gasteiger partial charge in [-0.25, -0.2) is 0 Å². The van der Waals surface area contributed by atoms with Crippen molar-refractivity contribution in [2.45, 2.75) is 24.9 Å². The fraction of sp³-hybridized carbons (Fsp3) is 0.333. The van der Waals surface area contributed by atoms with Crippen LogP contribution in [0.1, 0.15) is 11.1 Å². The highest BCUT2D eigenvalue weighted by Crippen LogP contribution is 2.12. The third-order valence-electron chi connectivity index (χ3n) is 2.72. The number of aliphatic carboxylic acids is 2. The standard InChI is InChI=1S/C12H16N2O4/c13-9(11(15)16)5-7-3-1-2-4-8(7)6-10(14)12(17)18/h1-4,9-10H,5-6,13-14H2,(H,15,16)(H,17,18)/t9-,10-/m1/s1. The molecule has 0 saturated carbocycles. The van der Waals surface area contributed by atoms with Crippen LogP contribution in [0.2, 0.25) is 0 Å². The number of carbonyl (C=O) groups excluding carboxylic acids is 2. The molecule has 0 unspecified atom stereocenters. The molecule has 98 valence electrons. The second kappa shape index (κ2) is 6.13. The van der Waals surface area contributed by atoms with Crippen LogP contribution in [0.3, 0.4) is 0 Å². The summed E-state index contributed by atoms with van der Waals surface area (Å²) in [7, 11) is 0. The van der Waals surface area contributed by atoms with Crippen LogP contribution in [-0.2, 0) is 22.4 Å². The van der Waals surface area contributed by atoms with E-state index >= 15 is 0 Å². The summed E-state index contributed by atoms with van der Waals surface area (Å²) in [5, 5.41) is 21.3. The summed E-state index contributed by atoms with van der Waals surface area (Å²) in [6.45, 7) is 0. The lowest BCUT2D eigenvalue weighted by Gasteiger charge is -2.15. The van der Waals surface area contributed by atoms with Crippen molar-refractivity contribution in [3.8, 4) is 0 Å². The Bertz CT molecular complexity index is 406. The van der Waals surface area contributed by atoms with E-state index in [1.165, 1.54) is 0 Å². The average molecular weight is 252 g/mol. The lowest BCUT2D eigenvalue weighted by Crippen LogP contribution is -2.70. The Morgan fingerprint density at radius 2 is 1.28 bits per heavy atom. The summed E-state index contributed by atoms with van der Waals surface area (Å²) in [4.78, 5) is 21.3. The van der Waals surface area contributed by atoms with Crippen molar-refractivity contribution in [2.75, 3.05) is 0 Å². The number of carboxylic acids is 2. The number of quaternary nitrogens is 2. The highest BCUT2D eigenvalue weighted by molar-refractivity contribution is 5.70. The quantitative estimate of drug-likeness (QED) is 0.527. The number of carbonyl (C=O) groups is 2. The normalized spacial score (nSPS) is 13.9. The van der Waals surface area contributed by atoms with Crippen LogP contribution in [0.15, 0.2) is 24.3 Å². The Hall–Kier alpha value is -1.92. The van der Waals surface area contributed by atoms with Gasteiger partial charge in [-0.1, -0.05) is 24.3 Å². The molecule has 6 heteroatoms. The Morgan fingerprint density at radius 1 is 0.944 bits per heavy atom. The number of benzene rings is 1. The molecule has 1 rings (SSSR count). The molecule has 18 heavy (non-hydrogen) atoms. The molecule has 0 fully saturated rings. The van der Waals surface area contributed by atoms with Gasteiger partial charge in [-0.15, -0.1) is 0 Å². The second-order valence-electron chi connectivity index (χ2n) is 4.21. The van der Waals surface area contributed by atoms with E-state index in [0.717, 1.165) is 11.1 Å². The van der Waals surface area contributed by atoms with E-state index < -0.39 is 24.0 Å². The first-order valence-electron chi connectivity index (χ1n) is 5.56. The fourth-order valence-corrected chi connectivity index (χ4v) is 1.65. The molecule has 0 aliphatic heterocycles. The van der Waals surface area contributed by atoms with Gasteiger partial charge in [0.15, 0.2) is 0 Å². The van der Waals surface area contributed by atoms with E-state index in [-0.39, 0.29) is 12.8 Å². The highest BCUT2D eigenvalue weighted by Gasteiger charge is 2.15. The van der Waals surface area contributed by atoms with Gasteiger partial charge in [0.25, 0.3) is 0 Å². The van der Waals surface area contributed by atoms with Gasteiger partial charge < -0.3 is 31.3 Å². The molecule has 0 spiro atoms. The lowest BCUT2D eigenvalue weighted by molar-refractivity contribution is -0.438. The maximum atomic E-state index is 10.7. The predicted octanol–water partition coefficient (Wildman–Crippen LogP) is -4.51. The molecule has 1 aromatic rings. The Kier molecular flexibility index (Phi) is 4.82. The van der Waals surface area contributed by atoms with Crippen LogP contribution >= 0.6 is 0 Å². The van der Waals surface area contributed by atoms with Gasteiger partial charge in [0.2, 0.25) is 0 Å². The SMILES string of the molecule is [NH3+][C@H](Cc1ccccc1C[C@@H]([NH3+])C(=O)[O-])C(=O)[O-]. The number of hydrogen-bond acceptors (Lipinski definition) is 4. The minimum absolute atomic E-state index is 0.207. The van der Waals surface area contributed by atoms with Crippen LogP contribution in [-0.4, -0.2) is 24.0 Å². The van der Waals surface area contributed by atoms with Crippen molar-refractivity contribution in [1.82, 2.24) is 0 Å². The first-order valence-corrected chi connectivity index (χ1v) is 5.56. The monoisotopic (exact) mass is 252 g/mol. The summed E-state index contributed by atoms with van der Waals surface area (Å²) < 4.78 is 0. The van der Waals surface area contributed by atoms with E-state index in [2.05, 4.69) is 11.5 Å². The average Bonchev–Trinajstić information content (AvgIpc) is 2.31. The van der Waals surface area contributed by atoms with Crippen molar-refractivity contribution < 1.29 is 31.3 Å². The third-order valence-corrected chi connectivity index (χ3v) is 2.72. The van der Waals surface area contributed by atoms with E-state index in [1.807, 2.05) is 0 Å². The number of hydrogen-bond donors (Lipinski definition) is 2. The van der Waals surface area contributed by atoms with Crippen LogP contribution in [0.25, 0.3) is 0 Å². The Balaban J connectivity index is 2.86. The Morgan fingerprint density at radius 3 is 1.56 bits per heavy atom. The van der Waals surface area contributed by atoms with Gasteiger partial charge in [0, 0.05) is 12.8 Å². The zero-order valence-electron chi connectivity index (χ0n) is 9.93. The molecule has 6 N–H and O–H groups in total. The van der Waals surface area contributed by atoms with Gasteiger partial charge in [-0.05, 0) is 11.1 Å². The molecule has 0 saturated heterocycles. The van der Waals surface area contributed by atoms with Crippen molar-refractivity contribution >= 4 is 11.9 Å². The van der Waals surface area contributed by atoms with E-state index in [0.29, 0.717) is 0 Å². The van der Waals surface area contributed by atoms with Crippen LogP contribution in [0, 0.1) is 0 Å². The van der Waals surface area contributed by atoms with Crippen LogP contribution < -0.4 is 21.7 Å². The highest BCUT2D eigenvalue weighted by atomic mass is 16.4. The van der Waals surface area contributed by atoms with E-state index in [1.54, 1.807) is 24.3 Å². The summed E-state index contributed by atoms with van der Waals surface area (Å²) in [5.41, 5.74) is 8.46. The molecular weight excluding hydrogens is 236 g/mol. The molecule has 1 aromatic carbocycles. The van der Waals surface area contributed by atoms with Gasteiger partial charge in [-0.3, -0.25) is 0 Å². The van der Waals surface area contributed by atoms with Crippen molar-refractivity contribution in [3.05, 3.63) is 35.4 Å². The van der Waals surface area contributed by atoms with Crippen LogP contribution in [0.4, 0.5) is 0 Å². The van der Waals surface area contributed by atoms with Gasteiger partial charge in [0.05, 0.1) is 11.9 Å². The van der Waals surface area contributed by atoms with Crippen LogP contribution in [0.5, 0.6) is 0 Å². The molecule has 0 aliphatic rings. The fourth-order valence-electron chi connectivity index (χ4n) is 1.65. The number of rotatable bonds is 6. The molecule has 0 heterocycles. The molecule has 6 nitrogen and oxygen atoms in total. The topological polar surface area (TPSA) is 136 Å². The molecule has 0 aromatic heterocycles. The van der Waals surface area contributed by atoms with Gasteiger partial charge >= 0.3 is 0 Å². The first kappa shape index (κ1) is 14.1. The molecule has 0 amide bonds. The molecular formula is C12H16N2O4. The van der Waals surface area contributed by atoms with Gasteiger partial charge in [-0.2, -0.15) is 0 Å². The molecule has 0 aliphatic carbocycles. The largest absolute Gasteiger partial charge is 0.544 e. The summed E-state index contributed by atoms with van der Waals surface area (Å²) in [6, 6.07) is 5.29. The number of carboxylic acid groups (broad SMARTS) is 2. The molecule has 0 bridgehead atoms. The minimum atomic E-state index is -1.23. The van der Waals surface area contributed by atoms with Crippen molar-refractivity contribution in [1.29, 1.82) is 0 Å². The zero-order chi connectivity index (χ0) is 13.7. The van der Waals surface area contributed by atoms with Gasteiger partial charge in [0.1, 0.15) is 12.1 Å². The van der Waals surface area contributed by atoms with E-state index in [9.17, 15) is 19.8 Å². The molecule has 2 atom stereocenters.